The first-order valence-electron chi connectivity index (χ1n) is 17.7. The van der Waals surface area contributed by atoms with E-state index in [1.54, 1.807) is 19.9 Å². The first-order valence-corrected chi connectivity index (χ1v) is 17.7. The molecule has 5 fully saturated rings. The van der Waals surface area contributed by atoms with E-state index in [-0.39, 0.29) is 32.0 Å². The second-order valence-corrected chi connectivity index (χ2v) is 15.6. The highest BCUT2D eigenvalue weighted by Gasteiger charge is 2.85. The van der Waals surface area contributed by atoms with Crippen molar-refractivity contribution in [2.75, 3.05) is 26.4 Å². The van der Waals surface area contributed by atoms with Crippen LogP contribution < -0.4 is 0 Å². The summed E-state index contributed by atoms with van der Waals surface area (Å²) >= 11 is 0. The lowest BCUT2D eigenvalue weighted by Crippen LogP contribution is -2.67. The van der Waals surface area contributed by atoms with Crippen molar-refractivity contribution in [3.8, 4) is 0 Å². The average molecular weight is 749 g/mol. The molecule has 4 aliphatic heterocycles. The number of carbonyl (C=O) groups is 2. The first kappa shape index (κ1) is 39.8. The fourth-order valence-corrected chi connectivity index (χ4v) is 8.76. The number of esters is 2. The molecule has 4 saturated heterocycles. The van der Waals surface area contributed by atoms with Crippen LogP contribution in [0.15, 0.2) is 11.6 Å². The van der Waals surface area contributed by atoms with Crippen molar-refractivity contribution in [2.24, 2.45) is 16.7 Å². The van der Waals surface area contributed by atoms with E-state index in [0.29, 0.717) is 5.57 Å². The van der Waals surface area contributed by atoms with Crippen LogP contribution in [-0.2, 0) is 47.5 Å². The van der Waals surface area contributed by atoms with E-state index >= 15 is 0 Å². The maximum Gasteiger partial charge on any atom is 0.306 e. The summed E-state index contributed by atoms with van der Waals surface area (Å²) < 4.78 is 47.3. The van der Waals surface area contributed by atoms with Gasteiger partial charge >= 0.3 is 11.9 Å². The molecule has 8 N–H and O–H groups in total. The van der Waals surface area contributed by atoms with Gasteiger partial charge in [0.25, 0.3) is 0 Å². The van der Waals surface area contributed by atoms with Gasteiger partial charge < -0.3 is 78.7 Å². The molecule has 0 aromatic carbocycles. The minimum absolute atomic E-state index is 0.0491. The summed E-state index contributed by atoms with van der Waals surface area (Å²) in [5.74, 6) is -0.936. The van der Waals surface area contributed by atoms with Crippen LogP contribution in [0.1, 0.15) is 47.5 Å². The van der Waals surface area contributed by atoms with E-state index in [4.69, 9.17) is 37.9 Å². The van der Waals surface area contributed by atoms with Gasteiger partial charge in [-0.25, -0.2) is 0 Å². The minimum Gasteiger partial charge on any atom is -0.465 e. The Morgan fingerprint density at radius 1 is 0.923 bits per heavy atom. The summed E-state index contributed by atoms with van der Waals surface area (Å²) in [6.45, 7) is 7.23. The third kappa shape index (κ3) is 6.41. The highest BCUT2D eigenvalue weighted by molar-refractivity contribution is 5.70. The molecule has 6 aliphatic rings. The lowest BCUT2D eigenvalue weighted by molar-refractivity contribution is -0.341. The smallest absolute Gasteiger partial charge is 0.306 e. The lowest BCUT2D eigenvalue weighted by atomic mass is 9.51. The SMILES string of the molecule is CC(=O)OC[C@]12C[C@H](OC(=O)CC(C)C)C(C)=CC1OC1[C@H](OC3O[C@H](COC4O[C@H](CO)[C@@H](O)[C@H](O)[C@H]4O)[C@@H](O)[C@H](O)[C@H]3O)[C@@H](O)[C@@]2(C)C12CO2. The maximum absolute atomic E-state index is 12.8. The molecule has 4 heterocycles. The zero-order valence-electron chi connectivity index (χ0n) is 29.7. The molecule has 5 unspecified atom stereocenters. The number of hydrogen-bond donors (Lipinski definition) is 8. The van der Waals surface area contributed by atoms with E-state index in [1.807, 2.05) is 13.8 Å². The third-order valence-electron chi connectivity index (χ3n) is 12.0. The molecule has 18 heteroatoms. The Bertz CT molecular complexity index is 1350. The molecule has 0 aromatic heterocycles. The summed E-state index contributed by atoms with van der Waals surface area (Å²) in [4.78, 5) is 25.1. The van der Waals surface area contributed by atoms with Gasteiger partial charge in [0.2, 0.25) is 0 Å². The molecule has 2 bridgehead atoms. The quantitative estimate of drug-likeness (QED) is 0.0586. The van der Waals surface area contributed by atoms with Crippen molar-refractivity contribution in [1.82, 2.24) is 0 Å². The number of carbonyl (C=O) groups excluding carboxylic acids is 2. The van der Waals surface area contributed by atoms with Gasteiger partial charge in [0.05, 0.1) is 32.0 Å². The third-order valence-corrected chi connectivity index (χ3v) is 12.0. The van der Waals surface area contributed by atoms with Crippen molar-refractivity contribution in [2.45, 2.75) is 145 Å². The lowest BCUT2D eigenvalue weighted by Gasteiger charge is -2.58. The standard InChI is InChI=1S/C34H52O18/c1-13(2)6-20(37)48-16-8-33(11-46-15(4)36)19(7-14(16)3)51-29-27(28(44)32(33,5)34(29)12-47-34)52-31-26(43)24(41)22(39)18(50-31)10-45-30-25(42)23(40)21(38)17(9-35)49-30/h7,13,16-19,21-31,35,38-44H,6,8-12H2,1-5H3/t16-,17+,18+,19?,21+,22+,23-,24-,25+,26+,27+,28+,29?,30?,31?,32+,33+,34?/m0/s1. The Kier molecular flexibility index (Phi) is 11.2. The molecule has 52 heavy (non-hydrogen) atoms. The van der Waals surface area contributed by atoms with Crippen LogP contribution in [0.2, 0.25) is 0 Å². The van der Waals surface area contributed by atoms with E-state index in [0.717, 1.165) is 0 Å². The van der Waals surface area contributed by atoms with Crippen LogP contribution in [0.25, 0.3) is 0 Å². The Labute approximate surface area is 300 Å². The van der Waals surface area contributed by atoms with E-state index < -0.39 is 134 Å². The number of rotatable bonds is 11. The molecule has 2 aliphatic carbocycles. The second kappa shape index (κ2) is 14.6. The fourth-order valence-electron chi connectivity index (χ4n) is 8.76. The summed E-state index contributed by atoms with van der Waals surface area (Å²) in [6.07, 6.45) is -19.5. The molecular formula is C34H52O18. The van der Waals surface area contributed by atoms with E-state index in [1.165, 1.54) is 6.92 Å². The molecule has 0 radical (unpaired) electrons. The van der Waals surface area contributed by atoms with Gasteiger partial charge in [-0.3, -0.25) is 9.59 Å². The summed E-state index contributed by atoms with van der Waals surface area (Å²) in [7, 11) is 0. The highest BCUT2D eigenvalue weighted by Crippen LogP contribution is 2.72. The van der Waals surface area contributed by atoms with Crippen molar-refractivity contribution in [3.63, 3.8) is 0 Å². The molecule has 18 atom stereocenters. The molecule has 1 saturated carbocycles. The molecule has 296 valence electrons. The second-order valence-electron chi connectivity index (χ2n) is 15.6. The zero-order valence-corrected chi connectivity index (χ0v) is 29.7. The Morgan fingerprint density at radius 3 is 2.13 bits per heavy atom. The van der Waals surface area contributed by atoms with E-state index in [2.05, 4.69) is 0 Å². The van der Waals surface area contributed by atoms with Crippen LogP contribution in [-0.4, -0.2) is 177 Å². The summed E-state index contributed by atoms with van der Waals surface area (Å²) in [5.41, 5.74) is -2.93. The van der Waals surface area contributed by atoms with Crippen LogP contribution in [0, 0.1) is 16.7 Å². The van der Waals surface area contributed by atoms with Crippen molar-refractivity contribution in [3.05, 3.63) is 11.6 Å². The maximum atomic E-state index is 12.8. The Morgan fingerprint density at radius 2 is 1.54 bits per heavy atom. The minimum atomic E-state index is -1.84. The highest BCUT2D eigenvalue weighted by atomic mass is 16.7. The van der Waals surface area contributed by atoms with E-state index in [9.17, 15) is 50.4 Å². The van der Waals surface area contributed by atoms with Crippen LogP contribution in [0.5, 0.6) is 0 Å². The first-order chi connectivity index (χ1) is 24.4. The number of fused-ring (bicyclic) bond motifs is 2. The molecule has 0 aromatic rings. The average Bonchev–Trinajstić information content (AvgIpc) is 3.88. The van der Waals surface area contributed by atoms with Gasteiger partial charge in [0, 0.05) is 30.6 Å². The van der Waals surface area contributed by atoms with Gasteiger partial charge in [-0.15, -0.1) is 0 Å². The van der Waals surface area contributed by atoms with Gasteiger partial charge in [-0.1, -0.05) is 26.8 Å². The molecule has 6 rings (SSSR count). The fraction of sp³-hybridized carbons (Fsp3) is 0.882. The monoisotopic (exact) mass is 748 g/mol. The Hall–Kier alpha value is -1.88. The molecular weight excluding hydrogens is 696 g/mol. The normalized spacial score (nSPS) is 49.7. The summed E-state index contributed by atoms with van der Waals surface area (Å²) in [5, 5.41) is 84.9. The Balaban J connectivity index is 1.24. The van der Waals surface area contributed by atoms with Crippen molar-refractivity contribution < 1.29 is 88.3 Å². The van der Waals surface area contributed by atoms with Crippen molar-refractivity contribution in [1.29, 1.82) is 0 Å². The van der Waals surface area contributed by atoms with Crippen LogP contribution in [0.3, 0.4) is 0 Å². The predicted molar refractivity (Wildman–Crippen MR) is 170 cm³/mol. The molecule has 1 spiro atoms. The number of aliphatic hydroxyl groups is 8. The number of epoxide rings is 1. The van der Waals surface area contributed by atoms with Crippen molar-refractivity contribution >= 4 is 11.9 Å². The number of ether oxygens (including phenoxy) is 8. The largest absolute Gasteiger partial charge is 0.465 e. The van der Waals surface area contributed by atoms with Gasteiger partial charge in [0.15, 0.2) is 12.6 Å². The van der Waals surface area contributed by atoms with Gasteiger partial charge in [-0.05, 0) is 18.4 Å². The zero-order chi connectivity index (χ0) is 38.1. The molecule has 18 nitrogen and oxygen atoms in total. The number of hydrogen-bond acceptors (Lipinski definition) is 18. The van der Waals surface area contributed by atoms with Gasteiger partial charge in [0.1, 0.15) is 79.4 Å². The summed E-state index contributed by atoms with van der Waals surface area (Å²) in [6, 6.07) is 0. The van der Waals surface area contributed by atoms with Crippen LogP contribution >= 0.6 is 0 Å². The number of aliphatic hydroxyl groups excluding tert-OH is 8. The van der Waals surface area contributed by atoms with Crippen LogP contribution in [0.4, 0.5) is 0 Å². The topological polar surface area (TPSA) is 273 Å². The molecule has 0 amide bonds. The predicted octanol–water partition coefficient (Wildman–Crippen LogP) is -3.23. The van der Waals surface area contributed by atoms with Gasteiger partial charge in [-0.2, -0.15) is 0 Å².